The zero-order valence-electron chi connectivity index (χ0n) is 12.2. The smallest absolute Gasteiger partial charge is 0.254 e. The quantitative estimate of drug-likeness (QED) is 0.894. The molecule has 2 rings (SSSR count). The molecule has 1 fully saturated rings. The maximum absolute atomic E-state index is 14.0. The lowest BCUT2D eigenvalue weighted by atomic mass is 9.79. The number of nitrogens with one attached hydrogen (secondary N) is 2. The molecule has 5 heteroatoms. The van der Waals surface area contributed by atoms with Crippen LogP contribution < -0.4 is 10.6 Å². The molecule has 1 amide bonds. The maximum Gasteiger partial charge on any atom is 0.254 e. The predicted molar refractivity (Wildman–Crippen MR) is 77.2 cm³/mol. The molecule has 110 valence electrons. The van der Waals surface area contributed by atoms with Crippen LogP contribution >= 0.6 is 0 Å². The Balaban J connectivity index is 2.05. The summed E-state index contributed by atoms with van der Waals surface area (Å²) in [6.07, 6.45) is 4.46. The third-order valence-electron chi connectivity index (χ3n) is 4.30. The molecule has 1 aromatic heterocycles. The van der Waals surface area contributed by atoms with Crippen LogP contribution in [-0.4, -0.2) is 24.0 Å². The minimum atomic E-state index is -0.593. The van der Waals surface area contributed by atoms with Crippen LogP contribution in [0.2, 0.25) is 0 Å². The SMILES string of the molecule is CNc1nccc(C(=O)NC2CCC(C)C(C)C2)c1F. The highest BCUT2D eigenvalue weighted by Gasteiger charge is 2.26. The Labute approximate surface area is 119 Å². The Bertz CT molecular complexity index is 492. The number of hydrogen-bond donors (Lipinski definition) is 2. The van der Waals surface area contributed by atoms with E-state index in [1.54, 1.807) is 7.05 Å². The molecule has 0 saturated heterocycles. The summed E-state index contributed by atoms with van der Waals surface area (Å²) in [4.78, 5) is 16.0. The predicted octanol–water partition coefficient (Wildman–Crippen LogP) is 2.82. The number of halogens is 1. The van der Waals surface area contributed by atoms with Gasteiger partial charge in [0.15, 0.2) is 11.6 Å². The minimum Gasteiger partial charge on any atom is -0.371 e. The average molecular weight is 279 g/mol. The fraction of sp³-hybridized carbons (Fsp3) is 0.600. The molecular weight excluding hydrogens is 257 g/mol. The van der Waals surface area contributed by atoms with Gasteiger partial charge in [0.25, 0.3) is 5.91 Å². The topological polar surface area (TPSA) is 54.0 Å². The third-order valence-corrected chi connectivity index (χ3v) is 4.30. The molecule has 20 heavy (non-hydrogen) atoms. The molecule has 0 aromatic carbocycles. The summed E-state index contributed by atoms with van der Waals surface area (Å²) in [5, 5.41) is 5.58. The first-order valence-electron chi connectivity index (χ1n) is 7.16. The van der Waals surface area contributed by atoms with Gasteiger partial charge in [-0.2, -0.15) is 0 Å². The number of carbonyl (C=O) groups is 1. The van der Waals surface area contributed by atoms with E-state index in [0.717, 1.165) is 19.3 Å². The molecule has 0 radical (unpaired) electrons. The Morgan fingerprint density at radius 2 is 2.10 bits per heavy atom. The van der Waals surface area contributed by atoms with E-state index in [0.29, 0.717) is 11.8 Å². The summed E-state index contributed by atoms with van der Waals surface area (Å²) >= 11 is 0. The highest BCUT2D eigenvalue weighted by atomic mass is 19.1. The van der Waals surface area contributed by atoms with Crippen LogP contribution in [0.25, 0.3) is 0 Å². The van der Waals surface area contributed by atoms with Crippen molar-refractivity contribution in [2.45, 2.75) is 39.2 Å². The Morgan fingerprint density at radius 3 is 2.75 bits per heavy atom. The monoisotopic (exact) mass is 279 g/mol. The van der Waals surface area contributed by atoms with E-state index in [1.165, 1.54) is 12.3 Å². The van der Waals surface area contributed by atoms with Gasteiger partial charge in [-0.25, -0.2) is 9.37 Å². The lowest BCUT2D eigenvalue weighted by molar-refractivity contribution is 0.0906. The zero-order chi connectivity index (χ0) is 14.7. The second-order valence-corrected chi connectivity index (χ2v) is 5.71. The number of pyridine rings is 1. The molecule has 1 saturated carbocycles. The standard InChI is InChI=1S/C15H22FN3O/c1-9-4-5-11(8-10(9)2)19-15(20)12-6-7-18-14(17-3)13(12)16/h6-7,9-11H,4-5,8H2,1-3H3,(H,17,18)(H,19,20). The van der Waals surface area contributed by atoms with Gasteiger partial charge in [-0.15, -0.1) is 0 Å². The molecule has 1 heterocycles. The van der Waals surface area contributed by atoms with Gasteiger partial charge in [0.05, 0.1) is 5.56 Å². The zero-order valence-corrected chi connectivity index (χ0v) is 12.2. The average Bonchev–Trinajstić information content (AvgIpc) is 2.43. The largest absolute Gasteiger partial charge is 0.371 e. The molecule has 1 aromatic rings. The first kappa shape index (κ1) is 14.8. The lowest BCUT2D eigenvalue weighted by Gasteiger charge is -2.32. The molecule has 0 aliphatic heterocycles. The summed E-state index contributed by atoms with van der Waals surface area (Å²) < 4.78 is 14.0. The van der Waals surface area contributed by atoms with Gasteiger partial charge >= 0.3 is 0 Å². The maximum atomic E-state index is 14.0. The van der Waals surface area contributed by atoms with Gasteiger partial charge in [-0.05, 0) is 37.2 Å². The molecular formula is C15H22FN3O. The number of aromatic nitrogens is 1. The second-order valence-electron chi connectivity index (χ2n) is 5.71. The summed E-state index contributed by atoms with van der Waals surface area (Å²) in [5.41, 5.74) is 0.0515. The van der Waals surface area contributed by atoms with Crippen LogP contribution in [0.5, 0.6) is 0 Å². The van der Waals surface area contributed by atoms with Crippen molar-refractivity contribution < 1.29 is 9.18 Å². The fourth-order valence-corrected chi connectivity index (χ4v) is 2.74. The van der Waals surface area contributed by atoms with E-state index in [-0.39, 0.29) is 23.3 Å². The number of rotatable bonds is 3. The Kier molecular flexibility index (Phi) is 4.57. The number of nitrogens with zero attached hydrogens (tertiary/aromatic N) is 1. The number of anilines is 1. The molecule has 2 N–H and O–H groups in total. The Hall–Kier alpha value is -1.65. The summed E-state index contributed by atoms with van der Waals surface area (Å²) in [7, 11) is 1.58. The van der Waals surface area contributed by atoms with Crippen molar-refractivity contribution in [2.75, 3.05) is 12.4 Å². The van der Waals surface area contributed by atoms with Crippen LogP contribution in [0.15, 0.2) is 12.3 Å². The van der Waals surface area contributed by atoms with Gasteiger partial charge < -0.3 is 10.6 Å². The van der Waals surface area contributed by atoms with Crippen molar-refractivity contribution in [3.63, 3.8) is 0 Å². The summed E-state index contributed by atoms with van der Waals surface area (Å²) in [6.45, 7) is 4.44. The van der Waals surface area contributed by atoms with Crippen LogP contribution in [0.3, 0.4) is 0 Å². The number of amides is 1. The van der Waals surface area contributed by atoms with Crippen molar-refractivity contribution in [1.82, 2.24) is 10.3 Å². The first-order valence-corrected chi connectivity index (χ1v) is 7.16. The number of carbonyl (C=O) groups excluding carboxylic acids is 1. The van der Waals surface area contributed by atoms with Crippen LogP contribution in [0.4, 0.5) is 10.2 Å². The highest BCUT2D eigenvalue weighted by molar-refractivity contribution is 5.95. The van der Waals surface area contributed by atoms with Crippen molar-refractivity contribution in [3.05, 3.63) is 23.6 Å². The van der Waals surface area contributed by atoms with Gasteiger partial charge in [0, 0.05) is 19.3 Å². The van der Waals surface area contributed by atoms with Crippen molar-refractivity contribution in [2.24, 2.45) is 11.8 Å². The van der Waals surface area contributed by atoms with Crippen LogP contribution in [0, 0.1) is 17.7 Å². The molecule has 1 aliphatic rings. The van der Waals surface area contributed by atoms with E-state index in [1.807, 2.05) is 0 Å². The normalized spacial score (nSPS) is 26.1. The van der Waals surface area contributed by atoms with Crippen molar-refractivity contribution >= 4 is 11.7 Å². The summed E-state index contributed by atoms with van der Waals surface area (Å²) in [6, 6.07) is 1.56. The van der Waals surface area contributed by atoms with Crippen LogP contribution in [0.1, 0.15) is 43.5 Å². The summed E-state index contributed by atoms with van der Waals surface area (Å²) in [5.74, 6) is 0.432. The van der Waals surface area contributed by atoms with E-state index >= 15 is 0 Å². The van der Waals surface area contributed by atoms with Gasteiger partial charge in [0.1, 0.15) is 0 Å². The molecule has 3 unspecified atom stereocenters. The second kappa shape index (κ2) is 6.20. The van der Waals surface area contributed by atoms with Crippen molar-refractivity contribution in [3.8, 4) is 0 Å². The van der Waals surface area contributed by atoms with Gasteiger partial charge in [-0.3, -0.25) is 4.79 Å². The van der Waals surface area contributed by atoms with E-state index in [4.69, 9.17) is 0 Å². The molecule has 0 bridgehead atoms. The van der Waals surface area contributed by atoms with Crippen molar-refractivity contribution in [1.29, 1.82) is 0 Å². The molecule has 4 nitrogen and oxygen atoms in total. The van der Waals surface area contributed by atoms with E-state index < -0.39 is 5.82 Å². The highest BCUT2D eigenvalue weighted by Crippen LogP contribution is 2.29. The Morgan fingerprint density at radius 1 is 1.35 bits per heavy atom. The lowest BCUT2D eigenvalue weighted by Crippen LogP contribution is -2.40. The van der Waals surface area contributed by atoms with E-state index in [2.05, 4.69) is 29.5 Å². The first-order chi connectivity index (χ1) is 9.52. The third kappa shape index (κ3) is 3.08. The molecule has 3 atom stereocenters. The minimum absolute atomic E-state index is 0.0515. The molecule has 1 aliphatic carbocycles. The van der Waals surface area contributed by atoms with E-state index in [9.17, 15) is 9.18 Å². The van der Waals surface area contributed by atoms with Gasteiger partial charge in [-0.1, -0.05) is 13.8 Å². The van der Waals surface area contributed by atoms with Crippen LogP contribution in [-0.2, 0) is 0 Å². The fourth-order valence-electron chi connectivity index (χ4n) is 2.74. The molecule has 0 spiro atoms. The number of hydrogen-bond acceptors (Lipinski definition) is 3. The van der Waals surface area contributed by atoms with Gasteiger partial charge in [0.2, 0.25) is 0 Å².